The third-order valence-corrected chi connectivity index (χ3v) is 9.30. The van der Waals surface area contributed by atoms with Gasteiger partial charge in [0.15, 0.2) is 0 Å². The molecular weight excluding hydrogens is 656 g/mol. The first-order valence-corrected chi connectivity index (χ1v) is 21.3. The summed E-state index contributed by atoms with van der Waals surface area (Å²) in [6.07, 6.45) is 54.2. The van der Waals surface area contributed by atoms with Crippen LogP contribution in [-0.4, -0.2) is 22.2 Å². The van der Waals surface area contributed by atoms with Crippen molar-refractivity contribution in [2.45, 2.75) is 245 Å². The van der Waals surface area contributed by atoms with Gasteiger partial charge in [-0.05, 0) is 64.2 Å². The van der Waals surface area contributed by atoms with Gasteiger partial charge in [0, 0.05) is 29.9 Å². The molecule has 0 saturated heterocycles. The summed E-state index contributed by atoms with van der Waals surface area (Å²) in [4.78, 5) is 20.8. The number of carboxylic acids is 2. The largest absolute Gasteiger partial charge is 0.481 e. The molecule has 0 saturated carbocycles. The molecule has 5 heteroatoms. The zero-order valence-electron chi connectivity index (χ0n) is 32.8. The van der Waals surface area contributed by atoms with E-state index in [1.165, 1.54) is 193 Å². The van der Waals surface area contributed by atoms with E-state index in [1.807, 2.05) is 0 Å². The van der Waals surface area contributed by atoms with Crippen LogP contribution in [0.2, 0.25) is 0 Å². The Kier molecular flexibility index (Phi) is 52.4. The summed E-state index contributed by atoms with van der Waals surface area (Å²) in [5, 5.41) is 17.1. The molecule has 0 aromatic carbocycles. The molecule has 49 heavy (non-hydrogen) atoms. The molecule has 0 amide bonds. The van der Waals surface area contributed by atoms with E-state index in [4.69, 9.17) is 10.2 Å². The van der Waals surface area contributed by atoms with E-state index in [2.05, 4.69) is 38.2 Å². The second-order valence-corrected chi connectivity index (χ2v) is 14.3. The Morgan fingerprint density at radius 1 is 0.327 bits per heavy atom. The molecular formula is C44H84CuO4. The van der Waals surface area contributed by atoms with Gasteiger partial charge < -0.3 is 10.2 Å². The fraction of sp³-hybridized carbons (Fsp3) is 0.864. The molecule has 0 aromatic heterocycles. The van der Waals surface area contributed by atoms with Crippen LogP contribution in [0.4, 0.5) is 0 Å². The minimum absolute atomic E-state index is 0. The molecule has 0 fully saturated rings. The van der Waals surface area contributed by atoms with E-state index in [0.29, 0.717) is 12.8 Å². The topological polar surface area (TPSA) is 74.6 Å². The summed E-state index contributed by atoms with van der Waals surface area (Å²) in [6, 6.07) is 0. The molecule has 1 radical (unpaired) electrons. The molecule has 2 N–H and O–H groups in total. The van der Waals surface area contributed by atoms with Gasteiger partial charge >= 0.3 is 11.9 Å². The summed E-state index contributed by atoms with van der Waals surface area (Å²) in [6.45, 7) is 4.54. The van der Waals surface area contributed by atoms with Gasteiger partial charge in [0.2, 0.25) is 0 Å². The molecule has 0 spiro atoms. The van der Waals surface area contributed by atoms with Crippen LogP contribution in [-0.2, 0) is 26.7 Å². The number of aliphatic carboxylic acids is 2. The van der Waals surface area contributed by atoms with E-state index >= 15 is 0 Å². The average Bonchev–Trinajstić information content (AvgIpc) is 3.07. The van der Waals surface area contributed by atoms with Crippen molar-refractivity contribution in [3.8, 4) is 0 Å². The average molecular weight is 741 g/mol. The monoisotopic (exact) mass is 740 g/mol. The van der Waals surface area contributed by atoms with Crippen molar-refractivity contribution in [3.05, 3.63) is 24.3 Å². The Balaban J connectivity index is -0.000000846. The maximum absolute atomic E-state index is 10.4. The van der Waals surface area contributed by atoms with Crippen molar-refractivity contribution >= 4 is 11.9 Å². The number of hydrogen-bond acceptors (Lipinski definition) is 2. The smallest absolute Gasteiger partial charge is 0.303 e. The van der Waals surface area contributed by atoms with Crippen LogP contribution in [0.3, 0.4) is 0 Å². The van der Waals surface area contributed by atoms with Crippen molar-refractivity contribution in [2.24, 2.45) is 0 Å². The Labute approximate surface area is 317 Å². The SMILES string of the molecule is CCCCCCCC/C=C\CCCCCCCCCCCC(=O)O.CCCCCCCC/C=C\CCCCCCCCCCCC(=O)O.[Cu]. The molecule has 0 aromatic rings. The van der Waals surface area contributed by atoms with Crippen LogP contribution in [0, 0.1) is 0 Å². The third-order valence-electron chi connectivity index (χ3n) is 9.30. The van der Waals surface area contributed by atoms with Crippen LogP contribution >= 0.6 is 0 Å². The standard InChI is InChI=1S/2C22H42O2.Cu/c2*1-2-3-4-5-6-7-8-9-10-11-12-13-14-15-16-17-18-19-20-21-22(23)24;/h2*9-10H,2-8,11-21H2,1H3,(H,23,24);/b2*10-9-;. The third kappa shape index (κ3) is 56.6. The number of unbranched alkanes of at least 4 members (excludes halogenated alkanes) is 30. The van der Waals surface area contributed by atoms with Crippen LogP contribution < -0.4 is 0 Å². The maximum Gasteiger partial charge on any atom is 0.303 e. The zero-order chi connectivity index (χ0) is 35.4. The quantitative estimate of drug-likeness (QED) is 0.0375. The molecule has 0 unspecified atom stereocenters. The predicted octanol–water partition coefficient (Wildman–Crippen LogP) is 15.3. The van der Waals surface area contributed by atoms with Crippen LogP contribution in [0.1, 0.15) is 245 Å². The summed E-state index contributed by atoms with van der Waals surface area (Å²) in [7, 11) is 0. The molecule has 0 aliphatic carbocycles. The summed E-state index contributed by atoms with van der Waals surface area (Å²) in [5.41, 5.74) is 0. The van der Waals surface area contributed by atoms with Gasteiger partial charge in [-0.1, -0.05) is 192 Å². The first-order valence-electron chi connectivity index (χ1n) is 21.3. The van der Waals surface area contributed by atoms with E-state index in [-0.39, 0.29) is 17.1 Å². The van der Waals surface area contributed by atoms with Crippen molar-refractivity contribution in [2.75, 3.05) is 0 Å². The Morgan fingerprint density at radius 2 is 0.510 bits per heavy atom. The molecule has 0 rings (SSSR count). The first kappa shape index (κ1) is 52.3. The van der Waals surface area contributed by atoms with Gasteiger partial charge in [-0.25, -0.2) is 0 Å². The van der Waals surface area contributed by atoms with Crippen molar-refractivity contribution < 1.29 is 36.9 Å². The predicted molar refractivity (Wildman–Crippen MR) is 211 cm³/mol. The van der Waals surface area contributed by atoms with Crippen molar-refractivity contribution in [3.63, 3.8) is 0 Å². The fourth-order valence-corrected chi connectivity index (χ4v) is 6.11. The number of rotatable bonds is 38. The van der Waals surface area contributed by atoms with E-state index in [1.54, 1.807) is 0 Å². The number of carboxylic acid groups (broad SMARTS) is 2. The maximum atomic E-state index is 10.4. The Bertz CT molecular complexity index is 632. The number of carbonyl (C=O) groups is 2. The summed E-state index contributed by atoms with van der Waals surface area (Å²) in [5.74, 6) is -1.31. The molecule has 0 heterocycles. The molecule has 0 aliphatic rings. The molecule has 4 nitrogen and oxygen atoms in total. The van der Waals surface area contributed by atoms with Crippen LogP contribution in [0.25, 0.3) is 0 Å². The fourth-order valence-electron chi connectivity index (χ4n) is 6.11. The zero-order valence-corrected chi connectivity index (χ0v) is 33.7. The van der Waals surface area contributed by atoms with Gasteiger partial charge in [0.1, 0.15) is 0 Å². The van der Waals surface area contributed by atoms with Gasteiger partial charge in [0.25, 0.3) is 0 Å². The second-order valence-electron chi connectivity index (χ2n) is 14.3. The molecule has 295 valence electrons. The first-order chi connectivity index (χ1) is 23.5. The van der Waals surface area contributed by atoms with Gasteiger partial charge in [-0.3, -0.25) is 9.59 Å². The van der Waals surface area contributed by atoms with Crippen molar-refractivity contribution in [1.29, 1.82) is 0 Å². The Hall–Kier alpha value is -1.06. The van der Waals surface area contributed by atoms with Gasteiger partial charge in [-0.15, -0.1) is 0 Å². The summed E-state index contributed by atoms with van der Waals surface area (Å²) < 4.78 is 0. The molecule has 0 aliphatic heterocycles. The van der Waals surface area contributed by atoms with Gasteiger partial charge in [0.05, 0.1) is 0 Å². The Morgan fingerprint density at radius 3 is 0.714 bits per heavy atom. The van der Waals surface area contributed by atoms with Crippen LogP contribution in [0.5, 0.6) is 0 Å². The molecule has 0 atom stereocenters. The van der Waals surface area contributed by atoms with E-state index in [9.17, 15) is 9.59 Å². The number of allylic oxidation sites excluding steroid dienone is 4. The van der Waals surface area contributed by atoms with Gasteiger partial charge in [-0.2, -0.15) is 0 Å². The normalized spacial score (nSPS) is 11.1. The summed E-state index contributed by atoms with van der Waals surface area (Å²) >= 11 is 0. The van der Waals surface area contributed by atoms with Crippen molar-refractivity contribution in [1.82, 2.24) is 0 Å². The number of hydrogen-bond donors (Lipinski definition) is 2. The van der Waals surface area contributed by atoms with E-state index in [0.717, 1.165) is 25.7 Å². The van der Waals surface area contributed by atoms with E-state index < -0.39 is 11.9 Å². The minimum Gasteiger partial charge on any atom is -0.481 e. The second kappa shape index (κ2) is 49.1. The molecule has 0 bridgehead atoms. The van der Waals surface area contributed by atoms with Crippen LogP contribution in [0.15, 0.2) is 24.3 Å². The minimum atomic E-state index is -0.656.